The molecule has 0 aromatic heterocycles. The van der Waals surface area contributed by atoms with Crippen molar-refractivity contribution in [3.05, 3.63) is 34.3 Å². The van der Waals surface area contributed by atoms with E-state index in [0.29, 0.717) is 29.0 Å². The smallest absolute Gasteiger partial charge is 0.407 e. The zero-order chi connectivity index (χ0) is 19.6. The van der Waals surface area contributed by atoms with Gasteiger partial charge >= 0.3 is 6.09 Å². The van der Waals surface area contributed by atoms with E-state index in [0.717, 1.165) is 0 Å². The van der Waals surface area contributed by atoms with E-state index in [-0.39, 0.29) is 24.8 Å². The lowest BCUT2D eigenvalue weighted by atomic mass is 9.98. The van der Waals surface area contributed by atoms with E-state index >= 15 is 0 Å². The van der Waals surface area contributed by atoms with Crippen LogP contribution in [0.1, 0.15) is 49.5 Å². The van der Waals surface area contributed by atoms with Gasteiger partial charge in [-0.15, -0.1) is 0 Å². The number of carboxylic acid groups (broad SMARTS) is 1. The molecule has 0 bridgehead atoms. The van der Waals surface area contributed by atoms with Gasteiger partial charge in [0.1, 0.15) is 0 Å². The van der Waals surface area contributed by atoms with Gasteiger partial charge < -0.3 is 14.9 Å². The first kappa shape index (κ1) is 20.2. The maximum atomic E-state index is 13.0. The molecule has 0 saturated carbocycles. The number of benzene rings is 1. The Bertz CT molecular complexity index is 727. The molecular weight excluding hydrogens is 356 g/mol. The molecule has 1 heterocycles. The number of halogens is 1. The number of carbonyl (C=O) groups excluding carboxylic acids is 2. The lowest BCUT2D eigenvalue weighted by molar-refractivity contribution is -0.128. The van der Waals surface area contributed by atoms with Gasteiger partial charge in [-0.05, 0) is 45.7 Å². The molecule has 1 aliphatic heterocycles. The van der Waals surface area contributed by atoms with Gasteiger partial charge in [-0.1, -0.05) is 23.7 Å². The molecule has 1 aromatic rings. The fraction of sp³-hybridized carbons (Fsp3) is 0.526. The maximum absolute atomic E-state index is 13.0. The minimum absolute atomic E-state index is 0.123. The van der Waals surface area contributed by atoms with E-state index in [2.05, 4.69) is 0 Å². The number of hydrogen-bond donors (Lipinski definition) is 1. The first-order chi connectivity index (χ1) is 12.0. The Labute approximate surface area is 158 Å². The van der Waals surface area contributed by atoms with Crippen molar-refractivity contribution >= 4 is 29.4 Å². The van der Waals surface area contributed by atoms with Gasteiger partial charge in [-0.25, -0.2) is 4.79 Å². The molecule has 6 nitrogen and oxygen atoms in total. The van der Waals surface area contributed by atoms with Crippen LogP contribution in [-0.4, -0.2) is 57.4 Å². The number of Topliss-reactive ketones (excluding diaryl/α,β-unsaturated/α-hetero) is 1. The zero-order valence-electron chi connectivity index (χ0n) is 15.6. The molecule has 0 spiro atoms. The van der Waals surface area contributed by atoms with Gasteiger partial charge in [-0.3, -0.25) is 9.59 Å². The summed E-state index contributed by atoms with van der Waals surface area (Å²) >= 11 is 6.11. The molecule has 1 aromatic carbocycles. The fourth-order valence-electron chi connectivity index (χ4n) is 3.27. The number of amides is 2. The average Bonchev–Trinajstić information content (AvgIpc) is 2.89. The van der Waals surface area contributed by atoms with Crippen molar-refractivity contribution in [2.24, 2.45) is 0 Å². The third-order valence-corrected chi connectivity index (χ3v) is 5.18. The molecule has 0 aliphatic carbocycles. The molecular formula is C19H25ClN2O4. The van der Waals surface area contributed by atoms with E-state index in [1.165, 1.54) is 9.80 Å². The second kappa shape index (κ2) is 7.66. The summed E-state index contributed by atoms with van der Waals surface area (Å²) in [5, 5.41) is 9.92. The van der Waals surface area contributed by atoms with E-state index < -0.39 is 17.7 Å². The number of nitrogens with zero attached hydrogens (tertiary/aromatic N) is 2. The normalized spacial score (nSPS) is 17.5. The molecule has 1 fully saturated rings. The van der Waals surface area contributed by atoms with Crippen LogP contribution < -0.4 is 0 Å². The molecule has 2 amide bonds. The lowest BCUT2D eigenvalue weighted by Gasteiger charge is -2.35. The standard InChI is InChI=1S/C19H25ClN2O4/c1-12-13(6-5-7-14(12)20)17(24)15-8-9-16(23)21(15)10-11-22(18(25)26)19(2,3)4/h5-7,15H,8-11H2,1-4H3,(H,25,26). The highest BCUT2D eigenvalue weighted by molar-refractivity contribution is 6.32. The molecule has 7 heteroatoms. The quantitative estimate of drug-likeness (QED) is 0.791. The topological polar surface area (TPSA) is 77.9 Å². The lowest BCUT2D eigenvalue weighted by Crippen LogP contribution is -2.50. The van der Waals surface area contributed by atoms with E-state index in [1.807, 2.05) is 0 Å². The molecule has 1 saturated heterocycles. The molecule has 1 aliphatic rings. The summed E-state index contributed by atoms with van der Waals surface area (Å²) < 4.78 is 0. The first-order valence-electron chi connectivity index (χ1n) is 8.63. The van der Waals surface area contributed by atoms with Crippen molar-refractivity contribution in [3.63, 3.8) is 0 Å². The Kier molecular flexibility index (Phi) is 5.96. The number of ketones is 1. The average molecular weight is 381 g/mol. The number of rotatable bonds is 5. The highest BCUT2D eigenvalue weighted by Crippen LogP contribution is 2.26. The van der Waals surface area contributed by atoms with E-state index in [9.17, 15) is 19.5 Å². The molecule has 142 valence electrons. The Morgan fingerprint density at radius 1 is 1.35 bits per heavy atom. The summed E-state index contributed by atoms with van der Waals surface area (Å²) in [6, 6.07) is 4.58. The van der Waals surface area contributed by atoms with Crippen molar-refractivity contribution in [2.75, 3.05) is 13.1 Å². The Morgan fingerprint density at radius 2 is 2.00 bits per heavy atom. The summed E-state index contributed by atoms with van der Waals surface area (Å²) in [5.41, 5.74) is 0.617. The first-order valence-corrected chi connectivity index (χ1v) is 9.01. The Balaban J connectivity index is 2.19. The van der Waals surface area contributed by atoms with Crippen LogP contribution >= 0.6 is 11.6 Å². The third kappa shape index (κ3) is 4.18. The minimum atomic E-state index is -1.04. The van der Waals surface area contributed by atoms with E-state index in [4.69, 9.17) is 11.6 Å². The highest BCUT2D eigenvalue weighted by Gasteiger charge is 2.38. The van der Waals surface area contributed by atoms with Crippen LogP contribution in [-0.2, 0) is 4.79 Å². The Hall–Kier alpha value is -2.08. The van der Waals surface area contributed by atoms with Crippen molar-refractivity contribution in [2.45, 2.75) is 52.1 Å². The van der Waals surface area contributed by atoms with Crippen molar-refractivity contribution in [1.29, 1.82) is 0 Å². The van der Waals surface area contributed by atoms with E-state index in [1.54, 1.807) is 45.9 Å². The predicted molar refractivity (Wildman–Crippen MR) is 99.7 cm³/mol. The van der Waals surface area contributed by atoms with Crippen molar-refractivity contribution in [3.8, 4) is 0 Å². The second-order valence-corrected chi connectivity index (χ2v) is 7.93. The summed E-state index contributed by atoms with van der Waals surface area (Å²) in [7, 11) is 0. The zero-order valence-corrected chi connectivity index (χ0v) is 16.3. The van der Waals surface area contributed by atoms with Gasteiger partial charge in [-0.2, -0.15) is 0 Å². The molecule has 1 unspecified atom stereocenters. The highest BCUT2D eigenvalue weighted by atomic mass is 35.5. The molecule has 0 radical (unpaired) electrons. The maximum Gasteiger partial charge on any atom is 0.407 e. The minimum Gasteiger partial charge on any atom is -0.465 e. The van der Waals surface area contributed by atoms with Crippen LogP contribution in [0.2, 0.25) is 5.02 Å². The van der Waals surface area contributed by atoms with Gasteiger partial charge in [0.25, 0.3) is 0 Å². The van der Waals surface area contributed by atoms with Gasteiger partial charge in [0.15, 0.2) is 5.78 Å². The third-order valence-electron chi connectivity index (χ3n) is 4.77. The van der Waals surface area contributed by atoms with Crippen LogP contribution in [0.25, 0.3) is 0 Å². The van der Waals surface area contributed by atoms with Gasteiger partial charge in [0, 0.05) is 35.6 Å². The monoisotopic (exact) mass is 380 g/mol. The summed E-state index contributed by atoms with van der Waals surface area (Å²) in [4.78, 5) is 39.5. The van der Waals surface area contributed by atoms with Crippen LogP contribution in [0.4, 0.5) is 4.79 Å². The molecule has 2 rings (SSSR count). The molecule has 1 N–H and O–H groups in total. The predicted octanol–water partition coefficient (Wildman–Crippen LogP) is 3.60. The number of hydrogen-bond acceptors (Lipinski definition) is 3. The SMILES string of the molecule is Cc1c(Cl)cccc1C(=O)C1CCC(=O)N1CCN(C(=O)O)C(C)(C)C. The van der Waals surface area contributed by atoms with Gasteiger partial charge in [0.2, 0.25) is 5.91 Å². The largest absolute Gasteiger partial charge is 0.465 e. The second-order valence-electron chi connectivity index (χ2n) is 7.52. The summed E-state index contributed by atoms with van der Waals surface area (Å²) in [5.74, 6) is -0.268. The van der Waals surface area contributed by atoms with Gasteiger partial charge in [0.05, 0.1) is 6.04 Å². The molecule has 1 atom stereocenters. The number of likely N-dealkylation sites (tertiary alicyclic amines) is 1. The van der Waals surface area contributed by atoms with Crippen molar-refractivity contribution in [1.82, 2.24) is 9.80 Å². The summed E-state index contributed by atoms with van der Waals surface area (Å²) in [6.45, 7) is 7.52. The van der Waals surface area contributed by atoms with Crippen molar-refractivity contribution < 1.29 is 19.5 Å². The Morgan fingerprint density at radius 3 is 2.58 bits per heavy atom. The number of carbonyl (C=O) groups is 3. The van der Waals surface area contributed by atoms with Crippen LogP contribution in [0, 0.1) is 6.92 Å². The fourth-order valence-corrected chi connectivity index (χ4v) is 3.44. The van der Waals surface area contributed by atoms with Crippen LogP contribution in [0.5, 0.6) is 0 Å². The van der Waals surface area contributed by atoms with Crippen LogP contribution in [0.15, 0.2) is 18.2 Å². The van der Waals surface area contributed by atoms with Crippen LogP contribution in [0.3, 0.4) is 0 Å². The molecule has 26 heavy (non-hydrogen) atoms. The summed E-state index contributed by atoms with van der Waals surface area (Å²) in [6.07, 6.45) is -0.317.